The molecule has 0 spiro atoms. The van der Waals surface area contributed by atoms with Gasteiger partial charge < -0.3 is 20.1 Å². The van der Waals surface area contributed by atoms with Crippen LogP contribution in [0.3, 0.4) is 0 Å². The fraction of sp³-hybridized carbons (Fsp3) is 0.600. The van der Waals surface area contributed by atoms with Crippen molar-refractivity contribution in [3.05, 3.63) is 17.7 Å². The average Bonchev–Trinajstić information content (AvgIpc) is 2.38. The predicted molar refractivity (Wildman–Crippen MR) is 78.3 cm³/mol. The van der Waals surface area contributed by atoms with Crippen molar-refractivity contribution in [2.24, 2.45) is 11.7 Å². The molecule has 0 saturated heterocycles. The summed E-state index contributed by atoms with van der Waals surface area (Å²) < 4.78 is 11.2. The number of rotatable bonds is 5. The van der Waals surface area contributed by atoms with Gasteiger partial charge in [0.15, 0.2) is 11.5 Å². The molecule has 0 aromatic heterocycles. The van der Waals surface area contributed by atoms with Gasteiger partial charge in [-0.2, -0.15) is 0 Å². The summed E-state index contributed by atoms with van der Waals surface area (Å²) in [5.41, 5.74) is 8.03. The molecule has 1 heterocycles. The van der Waals surface area contributed by atoms with Gasteiger partial charge in [0.2, 0.25) is 0 Å². The van der Waals surface area contributed by atoms with Crippen LogP contribution in [0.5, 0.6) is 11.5 Å². The first-order chi connectivity index (χ1) is 9.11. The second kappa shape index (κ2) is 6.15. The number of nitrogens with two attached hydrogens (primary N) is 1. The highest BCUT2D eigenvalue weighted by Crippen LogP contribution is 2.36. The van der Waals surface area contributed by atoms with E-state index < -0.39 is 0 Å². The third-order valence-electron chi connectivity index (χ3n) is 3.52. The van der Waals surface area contributed by atoms with E-state index in [1.165, 1.54) is 11.3 Å². The minimum absolute atomic E-state index is 0.586. The van der Waals surface area contributed by atoms with Crippen molar-refractivity contribution in [1.82, 2.24) is 0 Å². The first-order valence-corrected chi connectivity index (χ1v) is 6.93. The largest absolute Gasteiger partial charge is 0.486 e. The van der Waals surface area contributed by atoms with Gasteiger partial charge in [-0.15, -0.1) is 0 Å². The first-order valence-electron chi connectivity index (χ1n) is 6.93. The molecule has 1 atom stereocenters. The van der Waals surface area contributed by atoms with E-state index in [0.29, 0.717) is 19.1 Å². The molecule has 2 N–H and O–H groups in total. The Hall–Kier alpha value is -1.42. The zero-order chi connectivity index (χ0) is 13.8. The van der Waals surface area contributed by atoms with Crippen LogP contribution in [0, 0.1) is 12.8 Å². The predicted octanol–water partition coefficient (Wildman–Crippen LogP) is 2.19. The van der Waals surface area contributed by atoms with E-state index in [9.17, 15) is 0 Å². The molecule has 2 rings (SSSR count). The zero-order valence-corrected chi connectivity index (χ0v) is 12.1. The molecule has 0 bridgehead atoms. The van der Waals surface area contributed by atoms with Crippen LogP contribution in [0.2, 0.25) is 0 Å². The zero-order valence-electron chi connectivity index (χ0n) is 12.1. The van der Waals surface area contributed by atoms with Gasteiger partial charge in [-0.3, -0.25) is 0 Å². The Labute approximate surface area is 115 Å². The Bertz CT molecular complexity index is 434. The lowest BCUT2D eigenvalue weighted by Crippen LogP contribution is -2.26. The Kier molecular flexibility index (Phi) is 4.53. The van der Waals surface area contributed by atoms with Crippen molar-refractivity contribution in [3.63, 3.8) is 0 Å². The molecule has 106 valence electrons. The summed E-state index contributed by atoms with van der Waals surface area (Å²) >= 11 is 0. The molecule has 1 aromatic carbocycles. The van der Waals surface area contributed by atoms with Crippen LogP contribution in [-0.4, -0.2) is 33.4 Å². The third kappa shape index (κ3) is 3.32. The monoisotopic (exact) mass is 264 g/mol. The van der Waals surface area contributed by atoms with Crippen LogP contribution in [0.1, 0.15) is 18.9 Å². The second-order valence-electron chi connectivity index (χ2n) is 5.35. The van der Waals surface area contributed by atoms with Gasteiger partial charge in [-0.25, -0.2) is 0 Å². The smallest absolute Gasteiger partial charge is 0.163 e. The van der Waals surface area contributed by atoms with Crippen LogP contribution in [-0.2, 0) is 0 Å². The number of anilines is 1. The van der Waals surface area contributed by atoms with E-state index in [1.807, 2.05) is 0 Å². The Morgan fingerprint density at radius 2 is 1.89 bits per heavy atom. The first kappa shape index (κ1) is 14.0. The van der Waals surface area contributed by atoms with Gasteiger partial charge >= 0.3 is 0 Å². The standard InChI is InChI=1S/C15H24N2O2/c1-11(4-5-16)10-17(3)13-9-15-14(8-12(13)2)18-6-7-19-15/h8-9,11H,4-7,10,16H2,1-3H3. The molecule has 1 aliphatic heterocycles. The molecule has 0 aliphatic carbocycles. The number of nitrogens with zero attached hydrogens (tertiary/aromatic N) is 1. The summed E-state index contributed by atoms with van der Waals surface area (Å²) in [5.74, 6) is 2.30. The molecule has 1 unspecified atom stereocenters. The van der Waals surface area contributed by atoms with E-state index in [1.54, 1.807) is 0 Å². The maximum absolute atomic E-state index is 5.65. The van der Waals surface area contributed by atoms with E-state index in [-0.39, 0.29) is 0 Å². The summed E-state index contributed by atoms with van der Waals surface area (Å²) in [4.78, 5) is 2.27. The molecule has 0 amide bonds. The van der Waals surface area contributed by atoms with Crippen LogP contribution in [0.4, 0.5) is 5.69 Å². The third-order valence-corrected chi connectivity index (χ3v) is 3.52. The minimum Gasteiger partial charge on any atom is -0.486 e. The summed E-state index contributed by atoms with van der Waals surface area (Å²) in [6.07, 6.45) is 1.05. The summed E-state index contributed by atoms with van der Waals surface area (Å²) in [6.45, 7) is 7.35. The summed E-state index contributed by atoms with van der Waals surface area (Å²) in [7, 11) is 2.12. The van der Waals surface area contributed by atoms with Crippen molar-refractivity contribution >= 4 is 5.69 Å². The molecule has 4 nitrogen and oxygen atoms in total. The van der Waals surface area contributed by atoms with Crippen molar-refractivity contribution in [1.29, 1.82) is 0 Å². The number of aryl methyl sites for hydroxylation is 1. The highest BCUT2D eigenvalue weighted by atomic mass is 16.6. The van der Waals surface area contributed by atoms with Gasteiger partial charge in [0.25, 0.3) is 0 Å². The number of fused-ring (bicyclic) bond motifs is 1. The van der Waals surface area contributed by atoms with Crippen LogP contribution < -0.4 is 20.1 Å². The van der Waals surface area contributed by atoms with Crippen molar-refractivity contribution in [2.75, 3.05) is 38.3 Å². The highest BCUT2D eigenvalue weighted by Gasteiger charge is 2.16. The summed E-state index contributed by atoms with van der Waals surface area (Å²) in [6, 6.07) is 4.15. The fourth-order valence-corrected chi connectivity index (χ4v) is 2.53. The second-order valence-corrected chi connectivity index (χ2v) is 5.35. The van der Waals surface area contributed by atoms with Gasteiger partial charge in [0, 0.05) is 25.3 Å². The van der Waals surface area contributed by atoms with E-state index in [0.717, 1.165) is 31.0 Å². The normalized spacial score (nSPS) is 15.2. The number of hydrogen-bond donors (Lipinski definition) is 1. The van der Waals surface area contributed by atoms with Crippen LogP contribution in [0.15, 0.2) is 12.1 Å². The summed E-state index contributed by atoms with van der Waals surface area (Å²) in [5, 5.41) is 0. The Morgan fingerprint density at radius 3 is 2.53 bits per heavy atom. The Morgan fingerprint density at radius 1 is 1.26 bits per heavy atom. The van der Waals surface area contributed by atoms with Crippen molar-refractivity contribution in [3.8, 4) is 11.5 Å². The maximum Gasteiger partial charge on any atom is 0.163 e. The molecule has 0 radical (unpaired) electrons. The lowest BCUT2D eigenvalue weighted by molar-refractivity contribution is 0.171. The lowest BCUT2D eigenvalue weighted by Gasteiger charge is -2.27. The number of benzene rings is 1. The minimum atomic E-state index is 0.586. The van der Waals surface area contributed by atoms with Gasteiger partial charge in [0.05, 0.1) is 0 Å². The molecule has 1 aliphatic rings. The Balaban J connectivity index is 2.14. The van der Waals surface area contributed by atoms with Crippen LogP contribution >= 0.6 is 0 Å². The van der Waals surface area contributed by atoms with Gasteiger partial charge in [-0.1, -0.05) is 6.92 Å². The van der Waals surface area contributed by atoms with E-state index >= 15 is 0 Å². The molecular formula is C15H24N2O2. The van der Waals surface area contributed by atoms with E-state index in [2.05, 4.69) is 37.9 Å². The number of ether oxygens (including phenoxy) is 2. The molecule has 1 aromatic rings. The van der Waals surface area contributed by atoms with Gasteiger partial charge in [0.1, 0.15) is 13.2 Å². The van der Waals surface area contributed by atoms with Gasteiger partial charge in [-0.05, 0) is 37.4 Å². The van der Waals surface area contributed by atoms with E-state index in [4.69, 9.17) is 15.2 Å². The van der Waals surface area contributed by atoms with Crippen LogP contribution in [0.25, 0.3) is 0 Å². The van der Waals surface area contributed by atoms with Crippen molar-refractivity contribution in [2.45, 2.75) is 20.3 Å². The molecule has 0 fully saturated rings. The highest BCUT2D eigenvalue weighted by molar-refractivity contribution is 5.61. The SMILES string of the molecule is Cc1cc2c(cc1N(C)CC(C)CCN)OCCO2. The van der Waals surface area contributed by atoms with Crippen molar-refractivity contribution < 1.29 is 9.47 Å². The molecular weight excluding hydrogens is 240 g/mol. The quantitative estimate of drug-likeness (QED) is 0.885. The average molecular weight is 264 g/mol. The molecule has 0 saturated carbocycles. The fourth-order valence-electron chi connectivity index (χ4n) is 2.53. The number of hydrogen-bond acceptors (Lipinski definition) is 4. The molecule has 4 heteroatoms. The topological polar surface area (TPSA) is 47.7 Å². The lowest BCUT2D eigenvalue weighted by atomic mass is 10.1. The maximum atomic E-state index is 5.65. The molecule has 19 heavy (non-hydrogen) atoms.